The summed E-state index contributed by atoms with van der Waals surface area (Å²) in [5, 5.41) is 2.96. The van der Waals surface area contributed by atoms with E-state index in [2.05, 4.69) is 12.2 Å². The SMILES string of the molecule is CCc1ccc(OCC(=O)N(Cc2ccccc2)C(C)C(=O)NC(C)CC)cc1. The summed E-state index contributed by atoms with van der Waals surface area (Å²) in [5.74, 6) is 0.267. The van der Waals surface area contributed by atoms with Crippen molar-refractivity contribution in [1.29, 1.82) is 0 Å². The number of hydrogen-bond donors (Lipinski definition) is 1. The van der Waals surface area contributed by atoms with E-state index in [-0.39, 0.29) is 24.5 Å². The predicted molar refractivity (Wildman–Crippen MR) is 116 cm³/mol. The quantitative estimate of drug-likeness (QED) is 0.661. The first-order valence-electron chi connectivity index (χ1n) is 10.3. The predicted octanol–water partition coefficient (Wildman–Crippen LogP) is 3.96. The molecule has 2 aromatic rings. The molecule has 2 amide bonds. The van der Waals surface area contributed by atoms with E-state index in [1.807, 2.05) is 68.4 Å². The van der Waals surface area contributed by atoms with Crippen molar-refractivity contribution >= 4 is 11.8 Å². The fraction of sp³-hybridized carbons (Fsp3) is 0.417. The molecule has 156 valence electrons. The Morgan fingerprint density at radius 1 is 0.966 bits per heavy atom. The zero-order valence-electron chi connectivity index (χ0n) is 17.9. The van der Waals surface area contributed by atoms with Gasteiger partial charge in [0.2, 0.25) is 5.91 Å². The summed E-state index contributed by atoms with van der Waals surface area (Å²) < 4.78 is 5.70. The van der Waals surface area contributed by atoms with Gasteiger partial charge in [-0.1, -0.05) is 56.3 Å². The minimum Gasteiger partial charge on any atom is -0.484 e. The molecule has 2 aromatic carbocycles. The molecule has 5 nitrogen and oxygen atoms in total. The molecule has 0 radical (unpaired) electrons. The lowest BCUT2D eigenvalue weighted by atomic mass is 10.1. The van der Waals surface area contributed by atoms with E-state index in [4.69, 9.17) is 4.74 Å². The van der Waals surface area contributed by atoms with Crippen LogP contribution < -0.4 is 10.1 Å². The molecule has 0 heterocycles. The van der Waals surface area contributed by atoms with Gasteiger partial charge in [0.05, 0.1) is 0 Å². The van der Waals surface area contributed by atoms with Crippen LogP contribution in [0.1, 0.15) is 45.2 Å². The van der Waals surface area contributed by atoms with Crippen LogP contribution in [0.15, 0.2) is 54.6 Å². The highest BCUT2D eigenvalue weighted by Crippen LogP contribution is 2.14. The largest absolute Gasteiger partial charge is 0.484 e. The van der Waals surface area contributed by atoms with Gasteiger partial charge in [0.25, 0.3) is 5.91 Å². The Morgan fingerprint density at radius 3 is 2.21 bits per heavy atom. The summed E-state index contributed by atoms with van der Waals surface area (Å²) >= 11 is 0. The summed E-state index contributed by atoms with van der Waals surface area (Å²) in [4.78, 5) is 27.2. The van der Waals surface area contributed by atoms with E-state index in [0.717, 1.165) is 18.4 Å². The smallest absolute Gasteiger partial charge is 0.261 e. The second-order valence-electron chi connectivity index (χ2n) is 7.29. The number of carbonyl (C=O) groups excluding carboxylic acids is 2. The maximum Gasteiger partial charge on any atom is 0.261 e. The fourth-order valence-corrected chi connectivity index (χ4v) is 2.88. The number of nitrogens with zero attached hydrogens (tertiary/aromatic N) is 1. The van der Waals surface area contributed by atoms with Crippen LogP contribution in [0.5, 0.6) is 5.75 Å². The van der Waals surface area contributed by atoms with Gasteiger partial charge in [-0.15, -0.1) is 0 Å². The van der Waals surface area contributed by atoms with Crippen LogP contribution >= 0.6 is 0 Å². The van der Waals surface area contributed by atoms with Gasteiger partial charge >= 0.3 is 0 Å². The molecule has 2 rings (SSSR count). The minimum atomic E-state index is -0.595. The van der Waals surface area contributed by atoms with Crippen LogP contribution in [0.2, 0.25) is 0 Å². The number of rotatable bonds is 10. The van der Waals surface area contributed by atoms with E-state index in [9.17, 15) is 9.59 Å². The number of hydrogen-bond acceptors (Lipinski definition) is 3. The Kier molecular flexibility index (Phi) is 8.71. The van der Waals surface area contributed by atoms with Crippen molar-refractivity contribution in [3.63, 3.8) is 0 Å². The minimum absolute atomic E-state index is 0.0620. The normalized spacial score (nSPS) is 12.7. The molecule has 1 N–H and O–H groups in total. The number of ether oxygens (including phenoxy) is 1. The Morgan fingerprint density at radius 2 is 1.62 bits per heavy atom. The van der Waals surface area contributed by atoms with Crippen molar-refractivity contribution in [1.82, 2.24) is 10.2 Å². The molecule has 0 aromatic heterocycles. The van der Waals surface area contributed by atoms with Crippen molar-refractivity contribution in [3.8, 4) is 5.75 Å². The van der Waals surface area contributed by atoms with Gasteiger partial charge in [0.1, 0.15) is 11.8 Å². The lowest BCUT2D eigenvalue weighted by Gasteiger charge is -2.29. The highest BCUT2D eigenvalue weighted by molar-refractivity contribution is 5.88. The monoisotopic (exact) mass is 396 g/mol. The first-order chi connectivity index (χ1) is 13.9. The van der Waals surface area contributed by atoms with Gasteiger partial charge in [0, 0.05) is 12.6 Å². The number of nitrogens with one attached hydrogen (secondary N) is 1. The molecule has 2 unspecified atom stereocenters. The van der Waals surface area contributed by atoms with E-state index in [0.29, 0.717) is 12.3 Å². The molecule has 0 bridgehead atoms. The van der Waals surface area contributed by atoms with Gasteiger partial charge in [-0.3, -0.25) is 9.59 Å². The van der Waals surface area contributed by atoms with Crippen molar-refractivity contribution in [3.05, 3.63) is 65.7 Å². The molecular weight excluding hydrogens is 364 g/mol. The highest BCUT2D eigenvalue weighted by atomic mass is 16.5. The Labute approximate surface area is 174 Å². The molecule has 0 aliphatic carbocycles. The molecule has 5 heteroatoms. The lowest BCUT2D eigenvalue weighted by molar-refractivity contribution is -0.142. The third-order valence-corrected chi connectivity index (χ3v) is 5.06. The first kappa shape index (κ1) is 22.5. The van der Waals surface area contributed by atoms with Gasteiger partial charge in [-0.2, -0.15) is 0 Å². The second-order valence-corrected chi connectivity index (χ2v) is 7.29. The zero-order chi connectivity index (χ0) is 21.2. The average Bonchev–Trinajstić information content (AvgIpc) is 2.76. The van der Waals surface area contributed by atoms with Crippen LogP contribution in [0.4, 0.5) is 0 Å². The van der Waals surface area contributed by atoms with Gasteiger partial charge < -0.3 is 15.0 Å². The van der Waals surface area contributed by atoms with Crippen LogP contribution in [-0.2, 0) is 22.6 Å². The molecule has 29 heavy (non-hydrogen) atoms. The third-order valence-electron chi connectivity index (χ3n) is 5.06. The first-order valence-corrected chi connectivity index (χ1v) is 10.3. The van der Waals surface area contributed by atoms with Crippen LogP contribution in [-0.4, -0.2) is 35.4 Å². The van der Waals surface area contributed by atoms with Crippen molar-refractivity contribution in [2.24, 2.45) is 0 Å². The van der Waals surface area contributed by atoms with Crippen molar-refractivity contribution in [2.75, 3.05) is 6.61 Å². The summed E-state index contributed by atoms with van der Waals surface area (Å²) in [7, 11) is 0. The second kappa shape index (κ2) is 11.2. The van der Waals surface area contributed by atoms with Gasteiger partial charge in [-0.05, 0) is 49.9 Å². The van der Waals surface area contributed by atoms with Gasteiger partial charge in [0.15, 0.2) is 6.61 Å². The van der Waals surface area contributed by atoms with Crippen LogP contribution in [0.3, 0.4) is 0 Å². The molecule has 0 aliphatic heterocycles. The molecule has 0 saturated heterocycles. The maximum absolute atomic E-state index is 13.0. The topological polar surface area (TPSA) is 58.6 Å². The third kappa shape index (κ3) is 6.93. The van der Waals surface area contributed by atoms with Crippen LogP contribution in [0, 0.1) is 0 Å². The lowest BCUT2D eigenvalue weighted by Crippen LogP contribution is -2.50. The maximum atomic E-state index is 13.0. The Bertz CT molecular complexity index is 774. The number of aryl methyl sites for hydroxylation is 1. The molecule has 0 saturated carbocycles. The molecule has 2 atom stereocenters. The van der Waals surface area contributed by atoms with Crippen LogP contribution in [0.25, 0.3) is 0 Å². The van der Waals surface area contributed by atoms with Gasteiger partial charge in [-0.25, -0.2) is 0 Å². The standard InChI is InChI=1S/C24H32N2O3/c1-5-18(3)25-24(28)19(4)26(16-21-10-8-7-9-11-21)23(27)17-29-22-14-12-20(6-2)13-15-22/h7-15,18-19H,5-6,16-17H2,1-4H3,(H,25,28). The molecule has 0 aliphatic rings. The Hall–Kier alpha value is -2.82. The molecule has 0 fully saturated rings. The van der Waals surface area contributed by atoms with E-state index in [1.54, 1.807) is 11.8 Å². The van der Waals surface area contributed by atoms with E-state index in [1.165, 1.54) is 5.56 Å². The molecular formula is C24H32N2O3. The summed E-state index contributed by atoms with van der Waals surface area (Å²) in [6.45, 7) is 8.06. The van der Waals surface area contributed by atoms with Crippen molar-refractivity contribution < 1.29 is 14.3 Å². The summed E-state index contributed by atoms with van der Waals surface area (Å²) in [6.07, 6.45) is 1.79. The number of carbonyl (C=O) groups is 2. The number of benzene rings is 2. The summed E-state index contributed by atoms with van der Waals surface area (Å²) in [5.41, 5.74) is 2.18. The highest BCUT2D eigenvalue weighted by Gasteiger charge is 2.27. The summed E-state index contributed by atoms with van der Waals surface area (Å²) in [6, 6.07) is 16.9. The fourth-order valence-electron chi connectivity index (χ4n) is 2.88. The van der Waals surface area contributed by atoms with E-state index < -0.39 is 6.04 Å². The average molecular weight is 397 g/mol. The molecule has 0 spiro atoms. The van der Waals surface area contributed by atoms with Crippen molar-refractivity contribution in [2.45, 2.75) is 59.2 Å². The Balaban J connectivity index is 2.09. The number of amides is 2. The zero-order valence-corrected chi connectivity index (χ0v) is 17.9. The van der Waals surface area contributed by atoms with E-state index >= 15 is 0 Å².